The number of halogens is 1. The van der Waals surface area contributed by atoms with Crippen LogP contribution in [0.4, 0.5) is 9.18 Å². The van der Waals surface area contributed by atoms with E-state index in [0.29, 0.717) is 16.8 Å². The fourth-order valence-electron chi connectivity index (χ4n) is 3.33. The van der Waals surface area contributed by atoms with E-state index in [1.165, 1.54) is 27.9 Å². The van der Waals surface area contributed by atoms with Crippen LogP contribution in [0.2, 0.25) is 0 Å². The summed E-state index contributed by atoms with van der Waals surface area (Å²) in [5, 5.41) is 8.89. The number of benzene rings is 1. The third kappa shape index (κ3) is 3.65. The second kappa shape index (κ2) is 7.27. The molecule has 2 N–H and O–H groups in total. The number of sulfone groups is 1. The number of aromatic nitrogens is 1. The Kier molecular flexibility index (Phi) is 5.26. The maximum Gasteiger partial charge on any atom is 0.328 e. The van der Waals surface area contributed by atoms with Gasteiger partial charge in [-0.2, -0.15) is 0 Å². The highest BCUT2D eigenvalue weighted by molar-refractivity contribution is 7.92. The van der Waals surface area contributed by atoms with E-state index in [1.807, 2.05) is 0 Å². The molecule has 1 aromatic heterocycles. The average Bonchev–Trinajstić information content (AvgIpc) is 3.17. The zero-order valence-corrected chi connectivity index (χ0v) is 17.1. The normalized spacial score (nSPS) is 15.9. The summed E-state index contributed by atoms with van der Waals surface area (Å²) in [6.07, 6.45) is 2.26. The molecule has 0 radical (unpaired) electrons. The van der Waals surface area contributed by atoms with Gasteiger partial charge in [-0.3, -0.25) is 14.6 Å². The van der Waals surface area contributed by atoms with E-state index >= 15 is 0 Å². The maximum absolute atomic E-state index is 14.2. The Morgan fingerprint density at radius 3 is 2.59 bits per heavy atom. The Balaban J connectivity index is 1.78. The number of hydrogen-bond acceptors (Lipinski definition) is 5. The van der Waals surface area contributed by atoms with Crippen LogP contribution in [0.25, 0.3) is 11.1 Å². The standard InChI is InChI=1S/C19H22FN3O5S/c1-12-4-5-15(16(20)8-12)13-9-14-11-22(18(25)23(14)10-13)7-6-19(2,17(24)21-26)29(3,27)28/h4-5,8-10,26H,6-7,11H2,1-3H3,(H,21,24). The van der Waals surface area contributed by atoms with Crippen molar-refractivity contribution in [3.8, 4) is 11.1 Å². The van der Waals surface area contributed by atoms with Crippen molar-refractivity contribution in [2.24, 2.45) is 0 Å². The molecule has 1 aromatic carbocycles. The van der Waals surface area contributed by atoms with E-state index in [1.54, 1.807) is 31.3 Å². The minimum atomic E-state index is -3.85. The van der Waals surface area contributed by atoms with Gasteiger partial charge in [-0.15, -0.1) is 0 Å². The molecule has 0 bridgehead atoms. The number of amides is 2. The molecule has 29 heavy (non-hydrogen) atoms. The summed E-state index contributed by atoms with van der Waals surface area (Å²) in [4.78, 5) is 26.0. The minimum absolute atomic E-state index is 0.00820. The van der Waals surface area contributed by atoms with Crippen molar-refractivity contribution < 1.29 is 27.6 Å². The molecule has 2 heterocycles. The van der Waals surface area contributed by atoms with E-state index in [9.17, 15) is 22.4 Å². The number of aryl methyl sites for hydroxylation is 1. The molecule has 1 aliphatic rings. The zero-order chi connectivity index (χ0) is 21.6. The van der Waals surface area contributed by atoms with Gasteiger partial charge in [0.05, 0.1) is 6.54 Å². The molecule has 0 saturated heterocycles. The Labute approximate surface area is 167 Å². The van der Waals surface area contributed by atoms with Crippen molar-refractivity contribution in [2.45, 2.75) is 31.6 Å². The summed E-state index contributed by atoms with van der Waals surface area (Å²) in [5.74, 6) is -1.43. The fourth-order valence-corrected chi connectivity index (χ4v) is 4.18. The van der Waals surface area contributed by atoms with Crippen molar-refractivity contribution >= 4 is 21.8 Å². The lowest BCUT2D eigenvalue weighted by atomic mass is 10.1. The molecular weight excluding hydrogens is 401 g/mol. The molecule has 1 atom stereocenters. The van der Waals surface area contributed by atoms with Crippen LogP contribution in [0.1, 0.15) is 24.6 Å². The number of fused-ring (bicyclic) bond motifs is 1. The van der Waals surface area contributed by atoms with E-state index in [-0.39, 0.29) is 31.4 Å². The van der Waals surface area contributed by atoms with Crippen LogP contribution in [0.15, 0.2) is 30.5 Å². The molecule has 0 saturated carbocycles. The van der Waals surface area contributed by atoms with Gasteiger partial charge in [0.2, 0.25) is 0 Å². The molecule has 0 spiro atoms. The summed E-state index contributed by atoms with van der Waals surface area (Å²) in [7, 11) is -3.85. The van der Waals surface area contributed by atoms with Gasteiger partial charge in [-0.05, 0) is 38.0 Å². The van der Waals surface area contributed by atoms with E-state index in [0.717, 1.165) is 11.8 Å². The van der Waals surface area contributed by atoms with Gasteiger partial charge < -0.3 is 4.90 Å². The predicted octanol–water partition coefficient (Wildman–Crippen LogP) is 2.09. The number of hydroxylamine groups is 1. The third-order valence-corrected chi connectivity index (χ3v) is 7.45. The van der Waals surface area contributed by atoms with Crippen LogP contribution in [0.3, 0.4) is 0 Å². The van der Waals surface area contributed by atoms with E-state index < -0.39 is 20.5 Å². The van der Waals surface area contributed by atoms with E-state index in [2.05, 4.69) is 0 Å². The lowest BCUT2D eigenvalue weighted by molar-refractivity contribution is -0.131. The average molecular weight is 423 g/mol. The highest BCUT2D eigenvalue weighted by Crippen LogP contribution is 2.30. The highest BCUT2D eigenvalue weighted by atomic mass is 32.2. The minimum Gasteiger partial charge on any atom is -0.318 e. The molecule has 2 amide bonds. The molecular formula is C19H22FN3O5S. The second-order valence-electron chi connectivity index (χ2n) is 7.47. The molecule has 0 aliphatic carbocycles. The van der Waals surface area contributed by atoms with Gasteiger partial charge in [0.1, 0.15) is 5.82 Å². The molecule has 0 fully saturated rings. The van der Waals surface area contributed by atoms with Gasteiger partial charge in [0, 0.05) is 35.8 Å². The Hall–Kier alpha value is -2.72. The summed E-state index contributed by atoms with van der Waals surface area (Å²) in [6, 6.07) is 6.18. The van der Waals surface area contributed by atoms with Crippen molar-refractivity contribution in [2.75, 3.05) is 12.8 Å². The van der Waals surface area contributed by atoms with Gasteiger partial charge in [0.15, 0.2) is 14.6 Å². The summed E-state index contributed by atoms with van der Waals surface area (Å²) >= 11 is 0. The Morgan fingerprint density at radius 1 is 1.34 bits per heavy atom. The first-order valence-electron chi connectivity index (χ1n) is 8.89. The lowest BCUT2D eigenvalue weighted by Crippen LogP contribution is -2.50. The van der Waals surface area contributed by atoms with Crippen LogP contribution in [-0.2, 0) is 21.2 Å². The van der Waals surface area contributed by atoms with Crippen molar-refractivity contribution in [3.63, 3.8) is 0 Å². The lowest BCUT2D eigenvalue weighted by Gasteiger charge is -2.27. The largest absolute Gasteiger partial charge is 0.328 e. The van der Waals surface area contributed by atoms with E-state index in [4.69, 9.17) is 5.21 Å². The zero-order valence-electron chi connectivity index (χ0n) is 16.3. The number of carbonyl (C=O) groups is 2. The molecule has 1 unspecified atom stereocenters. The predicted molar refractivity (Wildman–Crippen MR) is 104 cm³/mol. The number of rotatable bonds is 6. The van der Waals surface area contributed by atoms with Crippen LogP contribution in [0.5, 0.6) is 0 Å². The first-order valence-corrected chi connectivity index (χ1v) is 10.8. The first-order chi connectivity index (χ1) is 13.5. The Bertz CT molecular complexity index is 1100. The molecule has 3 rings (SSSR count). The Morgan fingerprint density at radius 2 is 2.03 bits per heavy atom. The fraction of sp³-hybridized carbons (Fsp3) is 0.368. The number of nitrogens with zero attached hydrogens (tertiary/aromatic N) is 2. The van der Waals surface area contributed by atoms with Crippen LogP contribution in [0, 0.1) is 12.7 Å². The molecule has 10 heteroatoms. The van der Waals surface area contributed by atoms with Crippen LogP contribution >= 0.6 is 0 Å². The molecule has 1 aliphatic heterocycles. The van der Waals surface area contributed by atoms with Crippen LogP contribution < -0.4 is 5.48 Å². The number of hydrogen-bond donors (Lipinski definition) is 2. The topological polar surface area (TPSA) is 109 Å². The smallest absolute Gasteiger partial charge is 0.318 e. The summed E-state index contributed by atoms with van der Waals surface area (Å²) in [5.41, 5.74) is 3.78. The number of carbonyl (C=O) groups excluding carboxylic acids is 2. The van der Waals surface area contributed by atoms with Crippen molar-refractivity contribution in [1.29, 1.82) is 0 Å². The van der Waals surface area contributed by atoms with Crippen molar-refractivity contribution in [1.82, 2.24) is 14.9 Å². The van der Waals surface area contributed by atoms with Gasteiger partial charge >= 0.3 is 6.03 Å². The third-order valence-electron chi connectivity index (χ3n) is 5.42. The van der Waals surface area contributed by atoms with Gasteiger partial charge in [-0.25, -0.2) is 23.1 Å². The maximum atomic E-state index is 14.2. The number of nitrogens with one attached hydrogen (secondary N) is 1. The molecule has 8 nitrogen and oxygen atoms in total. The van der Waals surface area contributed by atoms with Crippen molar-refractivity contribution in [3.05, 3.63) is 47.5 Å². The molecule has 2 aromatic rings. The quantitative estimate of drug-likeness (QED) is 0.546. The van der Waals surface area contributed by atoms with Crippen LogP contribution in [-0.4, -0.2) is 52.6 Å². The highest BCUT2D eigenvalue weighted by Gasteiger charge is 2.44. The van der Waals surface area contributed by atoms with Gasteiger partial charge in [-0.1, -0.05) is 12.1 Å². The monoisotopic (exact) mass is 423 g/mol. The second-order valence-corrected chi connectivity index (χ2v) is 9.92. The van der Waals surface area contributed by atoms with Gasteiger partial charge in [0.25, 0.3) is 5.91 Å². The first kappa shape index (κ1) is 21.0. The SMILES string of the molecule is Cc1ccc(-c2cc3n(c2)C(=O)N(CCC(C)(C(=O)NO)S(C)(=O)=O)C3)c(F)c1. The summed E-state index contributed by atoms with van der Waals surface area (Å²) < 4.78 is 37.8. The summed E-state index contributed by atoms with van der Waals surface area (Å²) in [6.45, 7) is 3.18. The molecule has 156 valence electrons.